The molecule has 1 aromatic rings. The molecule has 4 nitrogen and oxygen atoms in total. The van der Waals surface area contributed by atoms with E-state index < -0.39 is 6.04 Å². The first-order valence-electron chi connectivity index (χ1n) is 5.63. The van der Waals surface area contributed by atoms with Gasteiger partial charge in [0.2, 0.25) is 5.91 Å². The number of hydrogen-bond acceptors (Lipinski definition) is 3. The molecule has 0 aromatic heterocycles. The summed E-state index contributed by atoms with van der Waals surface area (Å²) in [6.45, 7) is 2.62. The zero-order chi connectivity index (χ0) is 14.4. The SMILES string of the molecule is COCCNC(=O)C(C)Nc1c(Cl)cc(Cl)cc1Cl. The van der Waals surface area contributed by atoms with E-state index in [1.807, 2.05) is 0 Å². The summed E-state index contributed by atoms with van der Waals surface area (Å²) in [5.74, 6) is -0.167. The highest BCUT2D eigenvalue weighted by Crippen LogP contribution is 2.33. The molecule has 0 spiro atoms. The third-order valence-corrected chi connectivity index (χ3v) is 3.18. The Bertz CT molecular complexity index is 432. The van der Waals surface area contributed by atoms with Crippen molar-refractivity contribution < 1.29 is 9.53 Å². The molecule has 0 radical (unpaired) electrons. The van der Waals surface area contributed by atoms with Crippen molar-refractivity contribution in [3.05, 3.63) is 27.2 Å². The van der Waals surface area contributed by atoms with Gasteiger partial charge in [0.25, 0.3) is 0 Å². The van der Waals surface area contributed by atoms with E-state index in [1.54, 1.807) is 26.2 Å². The van der Waals surface area contributed by atoms with E-state index in [0.717, 1.165) is 0 Å². The normalized spacial score (nSPS) is 12.1. The standard InChI is InChI=1S/C12H15Cl3N2O2/c1-7(12(18)16-3-4-19-2)17-11-9(14)5-8(13)6-10(11)15/h5-7,17H,3-4H2,1-2H3,(H,16,18). The fourth-order valence-electron chi connectivity index (χ4n) is 1.39. The van der Waals surface area contributed by atoms with Crippen LogP contribution in [0.2, 0.25) is 15.1 Å². The van der Waals surface area contributed by atoms with Crippen LogP contribution >= 0.6 is 34.8 Å². The number of nitrogens with one attached hydrogen (secondary N) is 2. The average molecular weight is 326 g/mol. The van der Waals surface area contributed by atoms with Gasteiger partial charge in [0, 0.05) is 18.7 Å². The molecule has 1 rings (SSSR count). The third kappa shape index (κ3) is 5.07. The second-order valence-corrected chi connectivity index (χ2v) is 5.15. The Balaban J connectivity index is 2.66. The largest absolute Gasteiger partial charge is 0.383 e. The number of carbonyl (C=O) groups excluding carboxylic acids is 1. The highest BCUT2D eigenvalue weighted by Gasteiger charge is 2.16. The molecule has 0 aliphatic carbocycles. The summed E-state index contributed by atoms with van der Waals surface area (Å²) in [6, 6.07) is 2.65. The van der Waals surface area contributed by atoms with Gasteiger partial charge >= 0.3 is 0 Å². The van der Waals surface area contributed by atoms with E-state index in [-0.39, 0.29) is 5.91 Å². The molecule has 0 saturated carbocycles. The lowest BCUT2D eigenvalue weighted by atomic mass is 10.2. The zero-order valence-electron chi connectivity index (χ0n) is 10.6. The van der Waals surface area contributed by atoms with Crippen molar-refractivity contribution in [2.75, 3.05) is 25.6 Å². The molecule has 1 amide bonds. The second-order valence-electron chi connectivity index (χ2n) is 3.89. The molecule has 0 aliphatic rings. The van der Waals surface area contributed by atoms with Gasteiger partial charge in [-0.15, -0.1) is 0 Å². The van der Waals surface area contributed by atoms with Gasteiger partial charge in [-0.2, -0.15) is 0 Å². The molecule has 1 aromatic carbocycles. The molecule has 19 heavy (non-hydrogen) atoms. The molecule has 0 heterocycles. The van der Waals surface area contributed by atoms with Crippen molar-refractivity contribution in [2.24, 2.45) is 0 Å². The summed E-state index contributed by atoms with van der Waals surface area (Å²) < 4.78 is 4.85. The average Bonchev–Trinajstić information content (AvgIpc) is 2.33. The third-order valence-electron chi connectivity index (χ3n) is 2.37. The van der Waals surface area contributed by atoms with Gasteiger partial charge in [-0.05, 0) is 19.1 Å². The van der Waals surface area contributed by atoms with Crippen LogP contribution in [-0.4, -0.2) is 32.2 Å². The number of hydrogen-bond donors (Lipinski definition) is 2. The van der Waals surface area contributed by atoms with Crippen molar-refractivity contribution in [3.8, 4) is 0 Å². The molecule has 1 unspecified atom stereocenters. The molecule has 0 fully saturated rings. The van der Waals surface area contributed by atoms with E-state index in [2.05, 4.69) is 10.6 Å². The van der Waals surface area contributed by atoms with Crippen LogP contribution in [0.3, 0.4) is 0 Å². The van der Waals surface area contributed by atoms with Gasteiger partial charge in [0.05, 0.1) is 22.3 Å². The Morgan fingerprint density at radius 2 is 1.89 bits per heavy atom. The first-order valence-corrected chi connectivity index (χ1v) is 6.76. The molecular formula is C12H15Cl3N2O2. The Hall–Kier alpha value is -0.680. The molecule has 0 aliphatic heterocycles. The summed E-state index contributed by atoms with van der Waals surface area (Å²) >= 11 is 17.9. The lowest BCUT2D eigenvalue weighted by Gasteiger charge is -2.17. The van der Waals surface area contributed by atoms with Crippen LogP contribution in [0.25, 0.3) is 0 Å². The first kappa shape index (κ1) is 16.4. The summed E-state index contributed by atoms with van der Waals surface area (Å²) in [5.41, 5.74) is 0.488. The minimum absolute atomic E-state index is 0.167. The minimum Gasteiger partial charge on any atom is -0.383 e. The lowest BCUT2D eigenvalue weighted by Crippen LogP contribution is -2.39. The van der Waals surface area contributed by atoms with Gasteiger partial charge < -0.3 is 15.4 Å². The maximum Gasteiger partial charge on any atom is 0.242 e. The Morgan fingerprint density at radius 1 is 1.32 bits per heavy atom. The van der Waals surface area contributed by atoms with E-state index >= 15 is 0 Å². The molecule has 1 atom stereocenters. The summed E-state index contributed by atoms with van der Waals surface area (Å²) in [6.07, 6.45) is 0. The van der Waals surface area contributed by atoms with Crippen molar-refractivity contribution in [3.63, 3.8) is 0 Å². The number of benzene rings is 1. The predicted octanol–water partition coefficient (Wildman–Crippen LogP) is 3.21. The predicted molar refractivity (Wildman–Crippen MR) is 79.4 cm³/mol. The van der Waals surface area contributed by atoms with Crippen molar-refractivity contribution in [1.29, 1.82) is 0 Å². The smallest absolute Gasteiger partial charge is 0.242 e. The molecule has 0 saturated heterocycles. The van der Waals surface area contributed by atoms with E-state index in [9.17, 15) is 4.79 Å². The number of ether oxygens (including phenoxy) is 1. The topological polar surface area (TPSA) is 50.4 Å². The molecule has 0 bridgehead atoms. The Morgan fingerprint density at radius 3 is 2.42 bits per heavy atom. The Kier molecular flexibility index (Phi) is 6.72. The number of halogens is 3. The van der Waals surface area contributed by atoms with Crippen molar-refractivity contribution in [1.82, 2.24) is 5.32 Å². The molecular weight excluding hydrogens is 311 g/mol. The summed E-state index contributed by atoms with van der Waals surface area (Å²) in [4.78, 5) is 11.8. The van der Waals surface area contributed by atoms with Crippen LogP contribution < -0.4 is 10.6 Å². The van der Waals surface area contributed by atoms with Gasteiger partial charge in [0.15, 0.2) is 0 Å². The lowest BCUT2D eigenvalue weighted by molar-refractivity contribution is -0.121. The maximum absolute atomic E-state index is 11.8. The number of anilines is 1. The highest BCUT2D eigenvalue weighted by atomic mass is 35.5. The number of rotatable bonds is 6. The van der Waals surface area contributed by atoms with Gasteiger partial charge in [0.1, 0.15) is 6.04 Å². The van der Waals surface area contributed by atoms with E-state index in [1.165, 1.54) is 0 Å². The van der Waals surface area contributed by atoms with Crippen LogP contribution in [-0.2, 0) is 9.53 Å². The van der Waals surface area contributed by atoms with Crippen molar-refractivity contribution in [2.45, 2.75) is 13.0 Å². The quantitative estimate of drug-likeness (QED) is 0.790. The van der Waals surface area contributed by atoms with Gasteiger partial charge in [-0.25, -0.2) is 0 Å². The molecule has 7 heteroatoms. The number of methoxy groups -OCH3 is 1. The minimum atomic E-state index is -0.479. The van der Waals surface area contributed by atoms with Crippen LogP contribution in [0.1, 0.15) is 6.92 Å². The van der Waals surface area contributed by atoms with Crippen LogP contribution in [0.4, 0.5) is 5.69 Å². The molecule has 106 valence electrons. The monoisotopic (exact) mass is 324 g/mol. The second kappa shape index (κ2) is 7.80. The highest BCUT2D eigenvalue weighted by molar-refractivity contribution is 6.41. The summed E-state index contributed by atoms with van der Waals surface area (Å²) in [7, 11) is 1.57. The summed E-state index contributed by atoms with van der Waals surface area (Å²) in [5, 5.41) is 6.85. The maximum atomic E-state index is 11.8. The van der Waals surface area contributed by atoms with Crippen LogP contribution in [0.15, 0.2) is 12.1 Å². The van der Waals surface area contributed by atoms with Crippen LogP contribution in [0.5, 0.6) is 0 Å². The zero-order valence-corrected chi connectivity index (χ0v) is 12.9. The van der Waals surface area contributed by atoms with Gasteiger partial charge in [-0.3, -0.25) is 4.79 Å². The number of amides is 1. The molecule has 2 N–H and O–H groups in total. The van der Waals surface area contributed by atoms with E-state index in [0.29, 0.717) is 33.9 Å². The van der Waals surface area contributed by atoms with Crippen molar-refractivity contribution >= 4 is 46.4 Å². The first-order chi connectivity index (χ1) is 8.95. The fourth-order valence-corrected chi connectivity index (χ4v) is 2.32. The van der Waals surface area contributed by atoms with E-state index in [4.69, 9.17) is 39.5 Å². The van der Waals surface area contributed by atoms with Gasteiger partial charge in [-0.1, -0.05) is 34.8 Å². The number of carbonyl (C=O) groups is 1. The van der Waals surface area contributed by atoms with Crippen LogP contribution in [0, 0.1) is 0 Å². The fraction of sp³-hybridized carbons (Fsp3) is 0.417. The Labute approximate surface area is 127 Å².